The molecular formula is C18H26N4O2. The summed E-state index contributed by atoms with van der Waals surface area (Å²) in [6.07, 6.45) is 4.35. The van der Waals surface area contributed by atoms with Crippen LogP contribution in [-0.2, 0) is 4.79 Å². The van der Waals surface area contributed by atoms with Crippen molar-refractivity contribution in [1.82, 2.24) is 15.5 Å². The standard InChI is InChI=1S/C18H26N4O2/c23-17(20-18(24)19-15-6-4-5-7-15)14-21-10-12-22(13-11-21)16-8-2-1-3-9-16/h1-3,8-9,15H,4-7,10-14H2,(H2,19,20,23,24). The smallest absolute Gasteiger partial charge is 0.321 e. The molecule has 130 valence electrons. The van der Waals surface area contributed by atoms with Gasteiger partial charge in [0.15, 0.2) is 0 Å². The lowest BCUT2D eigenvalue weighted by atomic mass is 10.2. The number of carbonyl (C=O) groups excluding carboxylic acids is 2. The molecule has 2 aliphatic rings. The van der Waals surface area contributed by atoms with Gasteiger partial charge in [-0.3, -0.25) is 15.0 Å². The van der Waals surface area contributed by atoms with Crippen molar-refractivity contribution in [3.05, 3.63) is 30.3 Å². The van der Waals surface area contributed by atoms with Gasteiger partial charge in [0.05, 0.1) is 6.54 Å². The number of nitrogens with zero attached hydrogens (tertiary/aromatic N) is 2. The molecule has 1 saturated carbocycles. The summed E-state index contributed by atoms with van der Waals surface area (Å²) in [4.78, 5) is 28.3. The Balaban J connectivity index is 1.37. The summed E-state index contributed by atoms with van der Waals surface area (Å²) in [5.74, 6) is -0.223. The van der Waals surface area contributed by atoms with E-state index in [-0.39, 0.29) is 24.5 Å². The average molecular weight is 330 g/mol. The van der Waals surface area contributed by atoms with Gasteiger partial charge in [0.1, 0.15) is 0 Å². The van der Waals surface area contributed by atoms with Crippen molar-refractivity contribution in [2.75, 3.05) is 37.6 Å². The maximum Gasteiger partial charge on any atom is 0.321 e. The van der Waals surface area contributed by atoms with E-state index in [4.69, 9.17) is 0 Å². The minimum Gasteiger partial charge on any atom is -0.369 e. The van der Waals surface area contributed by atoms with Crippen molar-refractivity contribution >= 4 is 17.6 Å². The Morgan fingerprint density at radius 3 is 2.33 bits per heavy atom. The molecule has 6 heteroatoms. The normalized spacial score (nSPS) is 19.2. The van der Waals surface area contributed by atoms with Crippen molar-refractivity contribution in [3.63, 3.8) is 0 Å². The maximum absolute atomic E-state index is 12.0. The molecule has 2 fully saturated rings. The first-order valence-electron chi connectivity index (χ1n) is 8.83. The van der Waals surface area contributed by atoms with Crippen LogP contribution in [0.4, 0.5) is 10.5 Å². The van der Waals surface area contributed by atoms with E-state index in [0.29, 0.717) is 0 Å². The quantitative estimate of drug-likeness (QED) is 0.880. The Morgan fingerprint density at radius 1 is 1.00 bits per heavy atom. The number of hydrogen-bond donors (Lipinski definition) is 2. The lowest BCUT2D eigenvalue weighted by molar-refractivity contribution is -0.121. The molecular weight excluding hydrogens is 304 g/mol. The zero-order valence-electron chi connectivity index (χ0n) is 14.0. The highest BCUT2D eigenvalue weighted by molar-refractivity contribution is 5.95. The fraction of sp³-hybridized carbons (Fsp3) is 0.556. The fourth-order valence-corrected chi connectivity index (χ4v) is 3.46. The number of carbonyl (C=O) groups is 2. The van der Waals surface area contributed by atoms with Crippen molar-refractivity contribution in [1.29, 1.82) is 0 Å². The molecule has 3 rings (SSSR count). The highest BCUT2D eigenvalue weighted by atomic mass is 16.2. The van der Waals surface area contributed by atoms with Crippen LogP contribution in [-0.4, -0.2) is 55.6 Å². The average Bonchev–Trinajstić information content (AvgIpc) is 3.09. The number of benzene rings is 1. The number of anilines is 1. The zero-order valence-corrected chi connectivity index (χ0v) is 14.0. The van der Waals surface area contributed by atoms with E-state index < -0.39 is 0 Å². The molecule has 0 spiro atoms. The predicted octanol–water partition coefficient (Wildman–Crippen LogP) is 1.58. The number of imide groups is 1. The van der Waals surface area contributed by atoms with Gasteiger partial charge in [-0.05, 0) is 25.0 Å². The third kappa shape index (κ3) is 4.71. The van der Waals surface area contributed by atoms with Gasteiger partial charge in [-0.1, -0.05) is 31.0 Å². The molecule has 6 nitrogen and oxygen atoms in total. The Hall–Kier alpha value is -2.08. The van der Waals surface area contributed by atoms with Gasteiger partial charge < -0.3 is 10.2 Å². The molecule has 0 bridgehead atoms. The molecule has 2 N–H and O–H groups in total. The molecule has 1 aromatic carbocycles. The fourth-order valence-electron chi connectivity index (χ4n) is 3.46. The van der Waals surface area contributed by atoms with Gasteiger partial charge >= 0.3 is 6.03 Å². The predicted molar refractivity (Wildman–Crippen MR) is 94.0 cm³/mol. The Kier molecular flexibility index (Phi) is 5.69. The Bertz CT molecular complexity index is 549. The Labute approximate surface area is 143 Å². The van der Waals surface area contributed by atoms with Crippen LogP contribution in [0.3, 0.4) is 0 Å². The number of piperazine rings is 1. The van der Waals surface area contributed by atoms with Gasteiger partial charge in [0, 0.05) is 37.9 Å². The topological polar surface area (TPSA) is 64.7 Å². The number of hydrogen-bond acceptors (Lipinski definition) is 4. The van der Waals surface area contributed by atoms with E-state index in [1.165, 1.54) is 5.69 Å². The van der Waals surface area contributed by atoms with Gasteiger partial charge in [-0.2, -0.15) is 0 Å². The molecule has 0 radical (unpaired) electrons. The molecule has 1 heterocycles. The van der Waals surface area contributed by atoms with Crippen LogP contribution in [0.25, 0.3) is 0 Å². The van der Waals surface area contributed by atoms with Gasteiger partial charge in [0.2, 0.25) is 5.91 Å². The third-order valence-electron chi connectivity index (χ3n) is 4.80. The van der Waals surface area contributed by atoms with Crippen LogP contribution in [0.5, 0.6) is 0 Å². The first-order valence-corrected chi connectivity index (χ1v) is 8.83. The molecule has 24 heavy (non-hydrogen) atoms. The number of nitrogens with one attached hydrogen (secondary N) is 2. The van der Waals surface area contributed by atoms with Crippen molar-refractivity contribution in [2.45, 2.75) is 31.7 Å². The highest BCUT2D eigenvalue weighted by Crippen LogP contribution is 2.17. The van der Waals surface area contributed by atoms with Crippen LogP contribution in [0.15, 0.2) is 30.3 Å². The zero-order chi connectivity index (χ0) is 16.8. The summed E-state index contributed by atoms with van der Waals surface area (Å²) < 4.78 is 0. The summed E-state index contributed by atoms with van der Waals surface area (Å²) in [5, 5.41) is 5.33. The van der Waals surface area contributed by atoms with Crippen LogP contribution in [0, 0.1) is 0 Å². The molecule has 0 unspecified atom stereocenters. The Morgan fingerprint density at radius 2 is 1.67 bits per heavy atom. The largest absolute Gasteiger partial charge is 0.369 e. The van der Waals surface area contributed by atoms with E-state index in [1.54, 1.807) is 0 Å². The highest BCUT2D eigenvalue weighted by Gasteiger charge is 2.21. The molecule has 1 aliphatic heterocycles. The summed E-state index contributed by atoms with van der Waals surface area (Å²) >= 11 is 0. The van der Waals surface area contributed by atoms with Crippen molar-refractivity contribution < 1.29 is 9.59 Å². The minimum absolute atomic E-state index is 0.223. The molecule has 0 atom stereocenters. The second-order valence-electron chi connectivity index (χ2n) is 6.60. The van der Waals surface area contributed by atoms with Crippen molar-refractivity contribution in [3.8, 4) is 0 Å². The molecule has 1 saturated heterocycles. The lowest BCUT2D eigenvalue weighted by Crippen LogP contribution is -2.51. The van der Waals surface area contributed by atoms with Crippen molar-refractivity contribution in [2.24, 2.45) is 0 Å². The second-order valence-corrected chi connectivity index (χ2v) is 6.60. The molecule has 1 aromatic rings. The molecule has 3 amide bonds. The second kappa shape index (κ2) is 8.15. The van der Waals surface area contributed by atoms with E-state index in [1.807, 2.05) is 18.2 Å². The first kappa shape index (κ1) is 16.8. The summed E-state index contributed by atoms with van der Waals surface area (Å²) in [6, 6.07) is 10.2. The van der Waals surface area contributed by atoms with Gasteiger partial charge in [-0.15, -0.1) is 0 Å². The maximum atomic E-state index is 12.0. The van der Waals surface area contributed by atoms with Gasteiger partial charge in [-0.25, -0.2) is 4.79 Å². The monoisotopic (exact) mass is 330 g/mol. The number of urea groups is 1. The van der Waals surface area contributed by atoms with Gasteiger partial charge in [0.25, 0.3) is 0 Å². The minimum atomic E-state index is -0.352. The molecule has 0 aromatic heterocycles. The van der Waals surface area contributed by atoms with E-state index in [2.05, 4.69) is 32.6 Å². The van der Waals surface area contributed by atoms with Crippen LogP contribution >= 0.6 is 0 Å². The van der Waals surface area contributed by atoms with E-state index in [9.17, 15) is 9.59 Å². The SMILES string of the molecule is O=C(CN1CCN(c2ccccc2)CC1)NC(=O)NC1CCCC1. The van der Waals surface area contributed by atoms with E-state index >= 15 is 0 Å². The third-order valence-corrected chi connectivity index (χ3v) is 4.80. The van der Waals surface area contributed by atoms with Crippen LogP contribution in [0.2, 0.25) is 0 Å². The number of para-hydroxylation sites is 1. The van der Waals surface area contributed by atoms with Crippen LogP contribution in [0.1, 0.15) is 25.7 Å². The molecule has 1 aliphatic carbocycles. The summed E-state index contributed by atoms with van der Waals surface area (Å²) in [5.41, 5.74) is 1.22. The number of amides is 3. The summed E-state index contributed by atoms with van der Waals surface area (Å²) in [6.45, 7) is 3.72. The van der Waals surface area contributed by atoms with E-state index in [0.717, 1.165) is 51.9 Å². The first-order chi connectivity index (χ1) is 11.7. The lowest BCUT2D eigenvalue weighted by Gasteiger charge is -2.35. The van der Waals surface area contributed by atoms with Crippen LogP contribution < -0.4 is 15.5 Å². The summed E-state index contributed by atoms with van der Waals surface area (Å²) in [7, 11) is 0. The number of rotatable bonds is 4.